The van der Waals surface area contributed by atoms with Crippen LogP contribution in [0.5, 0.6) is 0 Å². The van der Waals surface area contributed by atoms with Crippen LogP contribution >= 0.6 is 15.9 Å². The van der Waals surface area contributed by atoms with E-state index in [1.807, 2.05) is 0 Å². The predicted octanol–water partition coefficient (Wildman–Crippen LogP) is 2.86. The van der Waals surface area contributed by atoms with Crippen LogP contribution in [0.15, 0.2) is 18.2 Å². The lowest BCUT2D eigenvalue weighted by Gasteiger charge is -2.06. The lowest BCUT2D eigenvalue weighted by molar-refractivity contribution is -0.116. The summed E-state index contributed by atoms with van der Waals surface area (Å²) in [4.78, 5) is 10.4. The summed E-state index contributed by atoms with van der Waals surface area (Å²) in [5, 5.41) is 0. The van der Waals surface area contributed by atoms with E-state index in [0.29, 0.717) is 0 Å². The Morgan fingerprint density at radius 1 is 1.50 bits per heavy atom. The Labute approximate surface area is 89.3 Å². The molecule has 1 nitrogen and oxygen atoms in total. The molecule has 0 aliphatic heterocycles. The molecule has 0 aromatic heterocycles. The summed E-state index contributed by atoms with van der Waals surface area (Å²) in [6, 6.07) is 3.22. The van der Waals surface area contributed by atoms with Gasteiger partial charge >= 0.3 is 0 Å². The van der Waals surface area contributed by atoms with Crippen LogP contribution in [-0.2, 0) is 11.2 Å². The highest BCUT2D eigenvalue weighted by Crippen LogP contribution is 2.15. The first kappa shape index (κ1) is 11.3. The number of benzene rings is 1. The van der Waals surface area contributed by atoms with E-state index in [9.17, 15) is 13.6 Å². The van der Waals surface area contributed by atoms with Crippen molar-refractivity contribution < 1.29 is 13.6 Å². The third kappa shape index (κ3) is 2.87. The van der Waals surface area contributed by atoms with Gasteiger partial charge in [-0.3, -0.25) is 4.79 Å². The van der Waals surface area contributed by atoms with E-state index in [2.05, 4.69) is 15.9 Å². The first-order valence-electron chi connectivity index (χ1n) is 4.09. The van der Waals surface area contributed by atoms with Crippen LogP contribution < -0.4 is 0 Å². The predicted molar refractivity (Wildman–Crippen MR) is 53.5 cm³/mol. The Kier molecular flexibility index (Phi) is 3.75. The van der Waals surface area contributed by atoms with E-state index in [4.69, 9.17) is 0 Å². The van der Waals surface area contributed by atoms with Crippen LogP contribution in [0, 0.1) is 11.6 Å². The molecule has 0 bridgehead atoms. The normalized spacial score (nSPS) is 12.6. The van der Waals surface area contributed by atoms with E-state index in [0.717, 1.165) is 18.2 Å². The van der Waals surface area contributed by atoms with Crippen LogP contribution in [0.3, 0.4) is 0 Å². The fraction of sp³-hybridized carbons (Fsp3) is 0.300. The number of carbonyl (C=O) groups is 1. The molecule has 1 rings (SSSR count). The van der Waals surface area contributed by atoms with Crippen molar-refractivity contribution in [3.05, 3.63) is 35.4 Å². The highest BCUT2D eigenvalue weighted by atomic mass is 79.9. The summed E-state index contributed by atoms with van der Waals surface area (Å²) < 4.78 is 25.8. The van der Waals surface area contributed by atoms with E-state index < -0.39 is 16.5 Å². The van der Waals surface area contributed by atoms with Crippen LogP contribution in [0.2, 0.25) is 0 Å². The van der Waals surface area contributed by atoms with Crippen molar-refractivity contribution in [2.45, 2.75) is 18.2 Å². The standard InChI is InChI=1S/C10H9BrF2O/c1-6(14)9(11)5-7-4-8(12)2-3-10(7)13/h2-4,9H,5H2,1H3. The average molecular weight is 263 g/mol. The SMILES string of the molecule is CC(=O)C(Br)Cc1cc(F)ccc1F. The van der Waals surface area contributed by atoms with Crippen molar-refractivity contribution >= 4 is 21.7 Å². The molecule has 14 heavy (non-hydrogen) atoms. The number of carbonyl (C=O) groups excluding carboxylic acids is 1. The summed E-state index contributed by atoms with van der Waals surface area (Å²) >= 11 is 3.10. The van der Waals surface area contributed by atoms with Gasteiger partial charge in [0.15, 0.2) is 0 Å². The number of hydrogen-bond acceptors (Lipinski definition) is 1. The molecule has 1 aromatic carbocycles. The molecule has 0 N–H and O–H groups in total. The van der Waals surface area contributed by atoms with Crippen LogP contribution in [0.1, 0.15) is 12.5 Å². The molecule has 0 fully saturated rings. The first-order chi connectivity index (χ1) is 6.50. The summed E-state index contributed by atoms with van der Waals surface area (Å²) in [7, 11) is 0. The number of hydrogen-bond donors (Lipinski definition) is 0. The van der Waals surface area contributed by atoms with Gasteiger partial charge in [-0.1, -0.05) is 15.9 Å². The molecule has 1 unspecified atom stereocenters. The number of ketones is 1. The van der Waals surface area contributed by atoms with Gasteiger partial charge in [0.25, 0.3) is 0 Å². The molecular weight excluding hydrogens is 254 g/mol. The molecule has 0 aliphatic rings. The van der Waals surface area contributed by atoms with Gasteiger partial charge in [0.05, 0.1) is 4.83 Å². The zero-order valence-electron chi connectivity index (χ0n) is 7.56. The molecule has 0 radical (unpaired) electrons. The number of rotatable bonds is 3. The fourth-order valence-corrected chi connectivity index (χ4v) is 1.39. The highest BCUT2D eigenvalue weighted by Gasteiger charge is 2.13. The summed E-state index contributed by atoms with van der Waals surface area (Å²) in [6.45, 7) is 1.40. The van der Waals surface area contributed by atoms with E-state index in [1.54, 1.807) is 0 Å². The quantitative estimate of drug-likeness (QED) is 0.766. The Morgan fingerprint density at radius 3 is 2.71 bits per heavy atom. The molecule has 1 atom stereocenters. The van der Waals surface area contributed by atoms with Gasteiger partial charge in [-0.05, 0) is 37.1 Å². The minimum Gasteiger partial charge on any atom is -0.299 e. The van der Waals surface area contributed by atoms with Crippen LogP contribution in [0.4, 0.5) is 8.78 Å². The smallest absolute Gasteiger partial charge is 0.143 e. The molecule has 4 heteroatoms. The van der Waals surface area contributed by atoms with E-state index in [1.165, 1.54) is 6.92 Å². The zero-order chi connectivity index (χ0) is 10.7. The maximum absolute atomic E-state index is 13.1. The van der Waals surface area contributed by atoms with Gasteiger partial charge in [0.1, 0.15) is 17.4 Å². The van der Waals surface area contributed by atoms with E-state index in [-0.39, 0.29) is 17.8 Å². The van der Waals surface area contributed by atoms with Crippen molar-refractivity contribution in [2.24, 2.45) is 0 Å². The third-order valence-corrected chi connectivity index (χ3v) is 2.82. The molecule has 76 valence electrons. The minimum atomic E-state index is -0.496. The summed E-state index contributed by atoms with van der Waals surface area (Å²) in [5.41, 5.74) is 0.210. The van der Waals surface area contributed by atoms with Gasteiger partial charge in [-0.15, -0.1) is 0 Å². The monoisotopic (exact) mass is 262 g/mol. The molecule has 0 spiro atoms. The van der Waals surface area contributed by atoms with Crippen molar-refractivity contribution in [1.29, 1.82) is 0 Å². The first-order valence-corrected chi connectivity index (χ1v) is 5.00. The second-order valence-electron chi connectivity index (χ2n) is 3.02. The lowest BCUT2D eigenvalue weighted by Crippen LogP contribution is -2.13. The van der Waals surface area contributed by atoms with Crippen molar-refractivity contribution in [1.82, 2.24) is 0 Å². The topological polar surface area (TPSA) is 17.1 Å². The van der Waals surface area contributed by atoms with Crippen molar-refractivity contribution in [2.75, 3.05) is 0 Å². The van der Waals surface area contributed by atoms with Crippen LogP contribution in [-0.4, -0.2) is 10.6 Å². The number of Topliss-reactive ketones (excluding diaryl/α,β-unsaturated/α-hetero) is 1. The number of halogens is 3. The molecule has 0 heterocycles. The highest BCUT2D eigenvalue weighted by molar-refractivity contribution is 9.10. The third-order valence-electron chi connectivity index (χ3n) is 1.85. The Balaban J connectivity index is 2.85. The largest absolute Gasteiger partial charge is 0.299 e. The second-order valence-corrected chi connectivity index (χ2v) is 4.12. The van der Waals surface area contributed by atoms with Gasteiger partial charge in [-0.25, -0.2) is 8.78 Å². The number of alkyl halides is 1. The van der Waals surface area contributed by atoms with E-state index >= 15 is 0 Å². The van der Waals surface area contributed by atoms with Crippen molar-refractivity contribution in [3.8, 4) is 0 Å². The Morgan fingerprint density at radius 2 is 2.14 bits per heavy atom. The molecule has 0 saturated heterocycles. The maximum atomic E-state index is 13.1. The maximum Gasteiger partial charge on any atom is 0.143 e. The average Bonchev–Trinajstić information content (AvgIpc) is 2.11. The van der Waals surface area contributed by atoms with Gasteiger partial charge < -0.3 is 0 Å². The lowest BCUT2D eigenvalue weighted by atomic mass is 10.1. The molecule has 1 aromatic rings. The van der Waals surface area contributed by atoms with Crippen molar-refractivity contribution in [3.63, 3.8) is 0 Å². The molecule has 0 saturated carbocycles. The molecule has 0 aliphatic carbocycles. The molecular formula is C10H9BrF2O. The minimum absolute atomic E-state index is 0.103. The summed E-state index contributed by atoms with van der Waals surface area (Å²) in [6.07, 6.45) is 0.166. The molecule has 0 amide bonds. The Bertz CT molecular complexity index is 352. The second kappa shape index (κ2) is 4.64. The summed E-state index contributed by atoms with van der Waals surface area (Å²) in [5.74, 6) is -1.09. The van der Waals surface area contributed by atoms with Gasteiger partial charge in [-0.2, -0.15) is 0 Å². The Hall–Kier alpha value is -0.770. The van der Waals surface area contributed by atoms with Gasteiger partial charge in [0.2, 0.25) is 0 Å². The fourth-order valence-electron chi connectivity index (χ4n) is 1.04. The van der Waals surface area contributed by atoms with Gasteiger partial charge in [0, 0.05) is 0 Å². The zero-order valence-corrected chi connectivity index (χ0v) is 9.14. The van der Waals surface area contributed by atoms with Crippen LogP contribution in [0.25, 0.3) is 0 Å².